The molecule has 11 heteroatoms. The summed E-state index contributed by atoms with van der Waals surface area (Å²) in [6, 6.07) is 4.23. The fraction of sp³-hybridized carbons (Fsp3) is 0.556. The molecule has 3 unspecified atom stereocenters. The van der Waals surface area contributed by atoms with Gasteiger partial charge in [0.2, 0.25) is 5.91 Å². The van der Waals surface area contributed by atoms with Crippen molar-refractivity contribution in [3.8, 4) is 0 Å². The lowest BCUT2D eigenvalue weighted by Crippen LogP contribution is -2.58. The molecule has 38 heavy (non-hydrogen) atoms. The summed E-state index contributed by atoms with van der Waals surface area (Å²) in [6.07, 6.45) is 3.80. The van der Waals surface area contributed by atoms with Crippen LogP contribution >= 0.6 is 0 Å². The second-order valence-electron chi connectivity index (χ2n) is 10.0. The second-order valence-corrected chi connectivity index (χ2v) is 10.0. The van der Waals surface area contributed by atoms with Crippen molar-refractivity contribution in [2.75, 3.05) is 13.1 Å². The van der Waals surface area contributed by atoms with E-state index in [-0.39, 0.29) is 48.8 Å². The number of likely N-dealkylation sites (tertiary alicyclic amines) is 2. The number of hydrogen-bond acceptors (Lipinski definition) is 8. The number of nitrogens with one attached hydrogen (secondary N) is 1. The van der Waals surface area contributed by atoms with Gasteiger partial charge in [-0.05, 0) is 64.3 Å². The molecule has 0 aliphatic carbocycles. The molecule has 0 radical (unpaired) electrons. The molecule has 2 saturated heterocycles. The molecule has 3 aliphatic rings. The minimum atomic E-state index is -1.09. The van der Waals surface area contributed by atoms with Crippen molar-refractivity contribution in [3.05, 3.63) is 35.4 Å². The van der Waals surface area contributed by atoms with Crippen molar-refractivity contribution in [2.45, 2.75) is 83.3 Å². The molecule has 204 valence electrons. The van der Waals surface area contributed by atoms with Crippen molar-refractivity contribution in [3.63, 3.8) is 0 Å². The van der Waals surface area contributed by atoms with E-state index < -0.39 is 41.7 Å². The first-order valence-corrected chi connectivity index (χ1v) is 13.3. The molecule has 4 rings (SSSR count). The second kappa shape index (κ2) is 11.8. The summed E-state index contributed by atoms with van der Waals surface area (Å²) in [7, 11) is 0. The molecule has 3 aliphatic heterocycles. The van der Waals surface area contributed by atoms with E-state index in [0.29, 0.717) is 6.42 Å². The molecular formula is C27H34N4O7. The van der Waals surface area contributed by atoms with Crippen LogP contribution in [0.3, 0.4) is 0 Å². The molecule has 1 aromatic carbocycles. The third-order valence-corrected chi connectivity index (χ3v) is 7.55. The van der Waals surface area contributed by atoms with E-state index in [1.807, 2.05) is 6.92 Å². The van der Waals surface area contributed by atoms with Gasteiger partial charge in [0.25, 0.3) is 23.6 Å². The van der Waals surface area contributed by atoms with E-state index in [1.54, 1.807) is 19.1 Å². The van der Waals surface area contributed by atoms with Gasteiger partial charge in [-0.25, -0.2) is 4.79 Å². The lowest BCUT2D eigenvalue weighted by Gasteiger charge is -2.37. The molecule has 1 N–H and O–H groups in total. The van der Waals surface area contributed by atoms with Crippen molar-refractivity contribution < 1.29 is 33.6 Å². The van der Waals surface area contributed by atoms with Crippen LogP contribution in [0.5, 0.6) is 0 Å². The molecule has 0 saturated carbocycles. The first-order valence-electron chi connectivity index (χ1n) is 13.3. The number of benzene rings is 1. The summed E-state index contributed by atoms with van der Waals surface area (Å²) in [4.78, 5) is 85.6. The highest BCUT2D eigenvalue weighted by molar-refractivity contribution is 6.23. The monoisotopic (exact) mass is 526 g/mol. The number of imide groups is 2. The quantitative estimate of drug-likeness (QED) is 0.401. The van der Waals surface area contributed by atoms with E-state index in [0.717, 1.165) is 42.2 Å². The SMILES string of the molecule is CCC(C(=O)NOC(=O)CCC(C)N1C(=O)CCC(N2C(=O)c3ccccc3C2=O)C1=O)N1CCCCC1. The number of nitrogens with zero attached hydrogens (tertiary/aromatic N) is 3. The van der Waals surface area contributed by atoms with E-state index in [1.165, 1.54) is 12.1 Å². The van der Waals surface area contributed by atoms with E-state index in [9.17, 15) is 28.8 Å². The third kappa shape index (κ3) is 5.47. The zero-order valence-corrected chi connectivity index (χ0v) is 21.8. The average molecular weight is 527 g/mol. The summed E-state index contributed by atoms with van der Waals surface area (Å²) in [5.74, 6) is -3.24. The summed E-state index contributed by atoms with van der Waals surface area (Å²) < 4.78 is 0. The number of amides is 5. The van der Waals surface area contributed by atoms with Crippen LogP contribution in [0, 0.1) is 0 Å². The maximum atomic E-state index is 13.3. The van der Waals surface area contributed by atoms with Gasteiger partial charge < -0.3 is 4.84 Å². The maximum absolute atomic E-state index is 13.3. The number of carbonyl (C=O) groups excluding carboxylic acids is 6. The highest BCUT2D eigenvalue weighted by Crippen LogP contribution is 2.30. The topological polar surface area (TPSA) is 133 Å². The average Bonchev–Trinajstić information content (AvgIpc) is 3.17. The molecule has 5 amide bonds. The van der Waals surface area contributed by atoms with Gasteiger partial charge in [-0.15, -0.1) is 0 Å². The van der Waals surface area contributed by atoms with Crippen molar-refractivity contribution in [1.82, 2.24) is 20.2 Å². The molecular weight excluding hydrogens is 492 g/mol. The zero-order valence-electron chi connectivity index (χ0n) is 21.8. The van der Waals surface area contributed by atoms with Gasteiger partial charge >= 0.3 is 5.97 Å². The van der Waals surface area contributed by atoms with Gasteiger partial charge in [0.05, 0.1) is 17.2 Å². The fourth-order valence-electron chi connectivity index (χ4n) is 5.50. The Morgan fingerprint density at radius 3 is 2.26 bits per heavy atom. The van der Waals surface area contributed by atoms with E-state index in [2.05, 4.69) is 10.4 Å². The summed E-state index contributed by atoms with van der Waals surface area (Å²) >= 11 is 0. The predicted octanol–water partition coefficient (Wildman–Crippen LogP) is 1.81. The van der Waals surface area contributed by atoms with Crippen LogP contribution in [0.4, 0.5) is 0 Å². The third-order valence-electron chi connectivity index (χ3n) is 7.55. The molecule has 0 spiro atoms. The van der Waals surface area contributed by atoms with E-state index in [4.69, 9.17) is 4.84 Å². The zero-order chi connectivity index (χ0) is 27.4. The fourth-order valence-corrected chi connectivity index (χ4v) is 5.50. The summed E-state index contributed by atoms with van der Waals surface area (Å²) in [5.41, 5.74) is 2.72. The Balaban J connectivity index is 1.31. The lowest BCUT2D eigenvalue weighted by atomic mass is 9.99. The maximum Gasteiger partial charge on any atom is 0.332 e. The van der Waals surface area contributed by atoms with Gasteiger partial charge in [0.1, 0.15) is 6.04 Å². The largest absolute Gasteiger partial charge is 0.341 e. The van der Waals surface area contributed by atoms with Crippen molar-refractivity contribution in [1.29, 1.82) is 0 Å². The Morgan fingerprint density at radius 1 is 1.03 bits per heavy atom. The van der Waals surface area contributed by atoms with Crippen molar-refractivity contribution >= 4 is 35.5 Å². The molecule has 3 atom stereocenters. The van der Waals surface area contributed by atoms with Crippen LogP contribution in [-0.4, -0.2) is 81.4 Å². The van der Waals surface area contributed by atoms with Gasteiger partial charge in [0, 0.05) is 18.9 Å². The normalized spacial score (nSPS) is 21.8. The first-order chi connectivity index (χ1) is 18.2. The molecule has 1 aromatic rings. The number of piperidine rings is 2. The van der Waals surface area contributed by atoms with Crippen LogP contribution in [0.25, 0.3) is 0 Å². The molecule has 0 aromatic heterocycles. The van der Waals surface area contributed by atoms with Crippen LogP contribution in [0.1, 0.15) is 85.9 Å². The minimum Gasteiger partial charge on any atom is -0.341 e. The molecule has 11 nitrogen and oxygen atoms in total. The van der Waals surface area contributed by atoms with Crippen LogP contribution in [0.15, 0.2) is 24.3 Å². The lowest BCUT2D eigenvalue weighted by molar-refractivity contribution is -0.161. The highest BCUT2D eigenvalue weighted by atomic mass is 16.7. The van der Waals surface area contributed by atoms with Crippen molar-refractivity contribution in [2.24, 2.45) is 0 Å². The Kier molecular flexibility index (Phi) is 8.55. The Hall–Kier alpha value is -3.60. The van der Waals surface area contributed by atoms with Crippen LogP contribution in [-0.2, 0) is 24.0 Å². The summed E-state index contributed by atoms with van der Waals surface area (Å²) in [5, 5.41) is 0. The minimum absolute atomic E-state index is 0.0104. The smallest absolute Gasteiger partial charge is 0.332 e. The number of hydroxylamine groups is 1. The number of carbonyl (C=O) groups is 6. The molecule has 0 bridgehead atoms. The Bertz CT molecular complexity index is 1100. The summed E-state index contributed by atoms with van der Waals surface area (Å²) in [6.45, 7) is 5.19. The van der Waals surface area contributed by atoms with Gasteiger partial charge in [0.15, 0.2) is 0 Å². The van der Waals surface area contributed by atoms with Gasteiger partial charge in [-0.2, -0.15) is 5.48 Å². The highest BCUT2D eigenvalue weighted by Gasteiger charge is 2.47. The Morgan fingerprint density at radius 2 is 1.66 bits per heavy atom. The van der Waals surface area contributed by atoms with Crippen LogP contribution in [0.2, 0.25) is 0 Å². The van der Waals surface area contributed by atoms with E-state index >= 15 is 0 Å². The number of hydrogen-bond donors (Lipinski definition) is 1. The molecule has 3 heterocycles. The van der Waals surface area contributed by atoms with Gasteiger partial charge in [-0.3, -0.25) is 38.7 Å². The first kappa shape index (κ1) is 27.4. The van der Waals surface area contributed by atoms with Crippen LogP contribution < -0.4 is 5.48 Å². The number of rotatable bonds is 8. The Labute approximate surface area is 221 Å². The number of fused-ring (bicyclic) bond motifs is 1. The standard InChI is InChI=1S/C27H34N4O7/c1-3-20(29-15-7-4-8-16-29)24(34)28-38-23(33)14-11-17(2)30-22(32)13-12-21(27(30)37)31-25(35)18-9-5-6-10-19(18)26(31)36/h5-6,9-10,17,20-21H,3-4,7-8,11-16H2,1-2H3,(H,28,34). The van der Waals surface area contributed by atoms with Gasteiger partial charge in [-0.1, -0.05) is 25.5 Å². The molecule has 2 fully saturated rings. The predicted molar refractivity (Wildman–Crippen MR) is 134 cm³/mol.